The first-order valence-corrected chi connectivity index (χ1v) is 13.0. The van der Waals surface area contributed by atoms with E-state index < -0.39 is 11.9 Å². The van der Waals surface area contributed by atoms with Crippen molar-refractivity contribution in [1.82, 2.24) is 29.5 Å². The maximum Gasteiger partial charge on any atom is 0.434 e. The fourth-order valence-electron chi connectivity index (χ4n) is 4.29. The van der Waals surface area contributed by atoms with Crippen LogP contribution >= 0.6 is 11.6 Å². The Morgan fingerprint density at radius 1 is 1.10 bits per heavy atom. The van der Waals surface area contributed by atoms with Crippen LogP contribution in [0.1, 0.15) is 61.2 Å². The van der Waals surface area contributed by atoms with Gasteiger partial charge in [0.05, 0.1) is 18.7 Å². The molecule has 1 aliphatic carbocycles. The van der Waals surface area contributed by atoms with Gasteiger partial charge >= 0.3 is 6.18 Å². The Balaban J connectivity index is 1.39. The third kappa shape index (κ3) is 5.68. The molecule has 3 heterocycles. The lowest BCUT2D eigenvalue weighted by molar-refractivity contribution is -0.140. The van der Waals surface area contributed by atoms with Crippen LogP contribution in [0.3, 0.4) is 0 Å². The molecule has 0 amide bonds. The lowest BCUT2D eigenvalue weighted by atomic mass is 10.1. The lowest BCUT2D eigenvalue weighted by Gasteiger charge is -2.14. The minimum Gasteiger partial charge on any atom is -0.480 e. The number of hydrogen-bond acceptors (Lipinski definition) is 7. The molecule has 8 nitrogen and oxygen atoms in total. The smallest absolute Gasteiger partial charge is 0.434 e. The molecule has 0 spiro atoms. The first-order valence-electron chi connectivity index (χ1n) is 12.5. The predicted molar refractivity (Wildman–Crippen MR) is 142 cm³/mol. The Hall–Kier alpha value is -3.73. The minimum atomic E-state index is -4.51. The molecule has 1 saturated carbocycles. The molecule has 3 aromatic heterocycles. The zero-order chi connectivity index (χ0) is 27.7. The molecule has 1 N–H and O–H groups in total. The SMILES string of the molecule is COc1ncnc(C2CC2)c1-c1ncc(CCl)c(NCc2ccc(-c3nc(C(F)(F)F)cn3C(C)C)cc2)n1. The summed E-state index contributed by atoms with van der Waals surface area (Å²) in [5.41, 5.74) is 2.86. The van der Waals surface area contributed by atoms with Gasteiger partial charge in [-0.25, -0.2) is 24.9 Å². The number of methoxy groups -OCH3 is 1. The molecule has 4 aromatic rings. The van der Waals surface area contributed by atoms with E-state index in [0.717, 1.165) is 35.9 Å². The third-order valence-corrected chi connectivity index (χ3v) is 6.77. The van der Waals surface area contributed by atoms with Gasteiger partial charge in [0.1, 0.15) is 23.5 Å². The van der Waals surface area contributed by atoms with Crippen LogP contribution in [0.25, 0.3) is 22.8 Å². The maximum absolute atomic E-state index is 13.3. The van der Waals surface area contributed by atoms with Crippen LogP contribution in [0, 0.1) is 0 Å². The van der Waals surface area contributed by atoms with E-state index in [1.807, 2.05) is 26.0 Å². The van der Waals surface area contributed by atoms with E-state index >= 15 is 0 Å². The second-order valence-electron chi connectivity index (χ2n) is 9.62. The summed E-state index contributed by atoms with van der Waals surface area (Å²) in [5.74, 6) is 2.24. The number of imidazole rings is 1. The second-order valence-corrected chi connectivity index (χ2v) is 9.88. The molecule has 0 atom stereocenters. The van der Waals surface area contributed by atoms with Crippen molar-refractivity contribution in [2.75, 3.05) is 12.4 Å². The number of rotatable bonds is 9. The van der Waals surface area contributed by atoms with E-state index in [-0.39, 0.29) is 17.7 Å². The Kier molecular flexibility index (Phi) is 7.44. The van der Waals surface area contributed by atoms with Crippen molar-refractivity contribution in [1.29, 1.82) is 0 Å². The molecule has 39 heavy (non-hydrogen) atoms. The van der Waals surface area contributed by atoms with E-state index in [1.54, 1.807) is 25.4 Å². The van der Waals surface area contributed by atoms with Crippen molar-refractivity contribution >= 4 is 17.4 Å². The predicted octanol–water partition coefficient (Wildman–Crippen LogP) is 6.63. The Labute approximate surface area is 228 Å². The number of aromatic nitrogens is 6. The molecule has 12 heteroatoms. The average Bonchev–Trinajstić information content (AvgIpc) is 3.67. The van der Waals surface area contributed by atoms with Gasteiger partial charge in [-0.1, -0.05) is 24.3 Å². The van der Waals surface area contributed by atoms with Gasteiger partial charge in [-0.2, -0.15) is 13.2 Å². The van der Waals surface area contributed by atoms with Gasteiger partial charge < -0.3 is 14.6 Å². The van der Waals surface area contributed by atoms with E-state index in [0.29, 0.717) is 41.1 Å². The lowest BCUT2D eigenvalue weighted by Crippen LogP contribution is -2.08. The topological polar surface area (TPSA) is 90.6 Å². The van der Waals surface area contributed by atoms with Crippen molar-refractivity contribution in [2.45, 2.75) is 57.2 Å². The van der Waals surface area contributed by atoms with Crippen molar-refractivity contribution in [2.24, 2.45) is 0 Å². The van der Waals surface area contributed by atoms with E-state index in [9.17, 15) is 13.2 Å². The highest BCUT2D eigenvalue weighted by Crippen LogP contribution is 2.45. The number of nitrogens with zero attached hydrogens (tertiary/aromatic N) is 6. The Morgan fingerprint density at radius 2 is 1.85 bits per heavy atom. The molecular weight excluding hydrogens is 531 g/mol. The molecule has 1 fully saturated rings. The van der Waals surface area contributed by atoms with E-state index in [1.165, 1.54) is 10.9 Å². The molecule has 0 radical (unpaired) electrons. The quantitative estimate of drug-likeness (QED) is 0.231. The van der Waals surface area contributed by atoms with Crippen molar-refractivity contribution < 1.29 is 17.9 Å². The molecule has 204 valence electrons. The molecule has 0 bridgehead atoms. The van der Waals surface area contributed by atoms with Crippen LogP contribution in [0.15, 0.2) is 43.0 Å². The van der Waals surface area contributed by atoms with Gasteiger partial charge in [0, 0.05) is 42.0 Å². The largest absolute Gasteiger partial charge is 0.480 e. The number of nitrogens with one attached hydrogen (secondary N) is 1. The molecule has 0 aliphatic heterocycles. The first kappa shape index (κ1) is 26.9. The highest BCUT2D eigenvalue weighted by Gasteiger charge is 2.35. The Morgan fingerprint density at radius 3 is 2.46 bits per heavy atom. The van der Waals surface area contributed by atoms with Crippen molar-refractivity contribution in [3.63, 3.8) is 0 Å². The van der Waals surface area contributed by atoms with Gasteiger partial charge in [0.25, 0.3) is 0 Å². The highest BCUT2D eigenvalue weighted by atomic mass is 35.5. The van der Waals surface area contributed by atoms with Crippen LogP contribution in [-0.4, -0.2) is 36.6 Å². The van der Waals surface area contributed by atoms with Gasteiger partial charge in [-0.05, 0) is 32.3 Å². The minimum absolute atomic E-state index is 0.181. The van der Waals surface area contributed by atoms with Crippen LogP contribution in [-0.2, 0) is 18.6 Å². The number of benzene rings is 1. The molecule has 0 saturated heterocycles. The summed E-state index contributed by atoms with van der Waals surface area (Å²) in [6.07, 6.45) is 1.80. The van der Waals surface area contributed by atoms with Gasteiger partial charge in [-0.15, -0.1) is 11.6 Å². The number of anilines is 1. The summed E-state index contributed by atoms with van der Waals surface area (Å²) in [6, 6.07) is 7.04. The monoisotopic (exact) mass is 557 g/mol. The molecule has 1 aromatic carbocycles. The summed E-state index contributed by atoms with van der Waals surface area (Å²) in [4.78, 5) is 21.8. The second kappa shape index (κ2) is 10.8. The van der Waals surface area contributed by atoms with E-state index in [4.69, 9.17) is 21.3 Å². The normalized spacial score (nSPS) is 13.6. The summed E-state index contributed by atoms with van der Waals surface area (Å²) < 4.78 is 46.8. The fraction of sp³-hybridized carbons (Fsp3) is 0.370. The van der Waals surface area contributed by atoms with Crippen LogP contribution < -0.4 is 10.1 Å². The van der Waals surface area contributed by atoms with Crippen LogP contribution in [0.4, 0.5) is 19.0 Å². The fourth-order valence-corrected chi connectivity index (χ4v) is 4.48. The first-order chi connectivity index (χ1) is 18.7. The zero-order valence-electron chi connectivity index (χ0n) is 21.6. The number of hydrogen-bond donors (Lipinski definition) is 1. The number of ether oxygens (including phenoxy) is 1. The van der Waals surface area contributed by atoms with Gasteiger partial charge in [0.15, 0.2) is 11.5 Å². The summed E-state index contributed by atoms with van der Waals surface area (Å²) >= 11 is 6.17. The third-order valence-electron chi connectivity index (χ3n) is 6.48. The summed E-state index contributed by atoms with van der Waals surface area (Å²) in [6.45, 7) is 4.04. The molecule has 5 rings (SSSR count). The highest BCUT2D eigenvalue weighted by molar-refractivity contribution is 6.17. The standard InChI is InChI=1S/C27H27ClF3N7O/c1-15(2)38-13-20(27(29,30)31)36-25(38)18-6-4-16(5-7-18)11-32-23-19(10-28)12-33-24(37-23)21-22(17-8-9-17)34-14-35-26(21)39-3/h4-7,12-15,17H,8-11H2,1-3H3,(H,32,33,37). The molecule has 1 aliphatic rings. The van der Waals surface area contributed by atoms with Crippen molar-refractivity contribution in [3.05, 3.63) is 65.5 Å². The maximum atomic E-state index is 13.3. The number of halogens is 4. The number of alkyl halides is 4. The van der Waals surface area contributed by atoms with Crippen LogP contribution in [0.2, 0.25) is 0 Å². The summed E-state index contributed by atoms with van der Waals surface area (Å²) in [5, 5.41) is 3.32. The van der Waals surface area contributed by atoms with Crippen molar-refractivity contribution in [3.8, 4) is 28.7 Å². The van der Waals surface area contributed by atoms with Gasteiger partial charge in [0.2, 0.25) is 5.88 Å². The zero-order valence-corrected chi connectivity index (χ0v) is 22.4. The van der Waals surface area contributed by atoms with E-state index in [2.05, 4.69) is 25.3 Å². The summed E-state index contributed by atoms with van der Waals surface area (Å²) in [7, 11) is 1.55. The van der Waals surface area contributed by atoms with Gasteiger partial charge in [-0.3, -0.25) is 0 Å². The average molecular weight is 558 g/mol. The molecular formula is C27H27ClF3N7O. The van der Waals surface area contributed by atoms with Crippen LogP contribution in [0.5, 0.6) is 5.88 Å². The Bertz CT molecular complexity index is 1470. The molecule has 0 unspecified atom stereocenters.